The molecule has 0 saturated carbocycles. The van der Waals surface area contributed by atoms with Crippen LogP contribution in [-0.2, 0) is 13.0 Å². The summed E-state index contributed by atoms with van der Waals surface area (Å²) in [5, 5.41) is 3.44. The molecule has 0 radical (unpaired) electrons. The fourth-order valence-corrected chi connectivity index (χ4v) is 3.29. The summed E-state index contributed by atoms with van der Waals surface area (Å²) in [4.78, 5) is 11.0. The van der Waals surface area contributed by atoms with Crippen LogP contribution in [-0.4, -0.2) is 43.1 Å². The fourth-order valence-electron chi connectivity index (χ4n) is 3.29. The molecule has 0 spiro atoms. The summed E-state index contributed by atoms with van der Waals surface area (Å²) in [7, 11) is 3.47. The van der Waals surface area contributed by atoms with Crippen molar-refractivity contribution < 1.29 is 4.74 Å². The predicted molar refractivity (Wildman–Crippen MR) is 116 cm³/mol. The van der Waals surface area contributed by atoms with Gasteiger partial charge in [0, 0.05) is 38.9 Å². The molecule has 26 heavy (non-hydrogen) atoms. The molecule has 1 aromatic carbocycles. The van der Waals surface area contributed by atoms with Crippen LogP contribution in [0.4, 0.5) is 0 Å². The smallest absolute Gasteiger partial charge is 0.212 e. The van der Waals surface area contributed by atoms with Crippen molar-refractivity contribution in [3.05, 3.63) is 59.8 Å². The maximum atomic E-state index is 5.09. The molecule has 2 heterocycles. The second kappa shape index (κ2) is 10.4. The number of nitrogens with one attached hydrogen (secondary N) is 1. The van der Waals surface area contributed by atoms with Crippen LogP contribution >= 0.6 is 24.0 Å². The minimum absolute atomic E-state index is 0. The second-order valence-electron chi connectivity index (χ2n) is 6.40. The van der Waals surface area contributed by atoms with E-state index in [-0.39, 0.29) is 24.0 Å². The number of rotatable bonds is 5. The van der Waals surface area contributed by atoms with Crippen molar-refractivity contribution in [1.29, 1.82) is 0 Å². The first-order valence-corrected chi connectivity index (χ1v) is 8.77. The maximum Gasteiger partial charge on any atom is 0.212 e. The highest BCUT2D eigenvalue weighted by atomic mass is 127. The van der Waals surface area contributed by atoms with E-state index in [1.807, 2.05) is 25.4 Å². The Hall–Kier alpha value is -1.83. The van der Waals surface area contributed by atoms with E-state index in [0.29, 0.717) is 18.3 Å². The third kappa shape index (κ3) is 5.59. The van der Waals surface area contributed by atoms with E-state index in [4.69, 9.17) is 4.74 Å². The Morgan fingerprint density at radius 1 is 1.23 bits per heavy atom. The molecule has 5 nitrogen and oxygen atoms in total. The lowest BCUT2D eigenvalue weighted by molar-refractivity contribution is 0.397. The largest absolute Gasteiger partial charge is 0.481 e. The molecule has 1 saturated heterocycles. The van der Waals surface area contributed by atoms with E-state index < -0.39 is 0 Å². The molecule has 6 heteroatoms. The quantitative estimate of drug-likeness (QED) is 0.417. The zero-order chi connectivity index (χ0) is 17.5. The van der Waals surface area contributed by atoms with Crippen LogP contribution in [0.15, 0.2) is 53.7 Å². The average molecular weight is 466 g/mol. The van der Waals surface area contributed by atoms with Crippen molar-refractivity contribution in [3.63, 3.8) is 0 Å². The molecular weight excluding hydrogens is 439 g/mol. The summed E-state index contributed by atoms with van der Waals surface area (Å²) in [6.07, 6.45) is 4.18. The first-order valence-electron chi connectivity index (χ1n) is 8.77. The number of halogens is 1. The number of nitrogens with zero attached hydrogens (tertiary/aromatic N) is 3. The van der Waals surface area contributed by atoms with Crippen molar-refractivity contribution in [1.82, 2.24) is 15.2 Å². The Balaban J connectivity index is 0.00000243. The summed E-state index contributed by atoms with van der Waals surface area (Å²) in [5.41, 5.74) is 2.53. The number of aliphatic imine (C=N–C) groups is 1. The van der Waals surface area contributed by atoms with Crippen LogP contribution in [0.2, 0.25) is 0 Å². The van der Waals surface area contributed by atoms with Crippen molar-refractivity contribution >= 4 is 29.9 Å². The molecule has 0 aliphatic carbocycles. The molecule has 1 aromatic heterocycles. The van der Waals surface area contributed by atoms with Crippen LogP contribution < -0.4 is 10.1 Å². The first kappa shape index (κ1) is 20.5. The van der Waals surface area contributed by atoms with E-state index in [9.17, 15) is 0 Å². The number of hydrogen-bond acceptors (Lipinski definition) is 3. The van der Waals surface area contributed by atoms with Crippen LogP contribution in [0, 0.1) is 5.92 Å². The monoisotopic (exact) mass is 466 g/mol. The Labute approximate surface area is 172 Å². The van der Waals surface area contributed by atoms with Gasteiger partial charge in [0.2, 0.25) is 5.88 Å². The Morgan fingerprint density at radius 3 is 2.69 bits per heavy atom. The zero-order valence-corrected chi connectivity index (χ0v) is 17.7. The maximum absolute atomic E-state index is 5.09. The van der Waals surface area contributed by atoms with Crippen molar-refractivity contribution in [3.8, 4) is 5.88 Å². The van der Waals surface area contributed by atoms with Crippen molar-refractivity contribution in [2.24, 2.45) is 10.9 Å². The van der Waals surface area contributed by atoms with E-state index in [1.165, 1.54) is 12.0 Å². The minimum atomic E-state index is 0. The van der Waals surface area contributed by atoms with Gasteiger partial charge in [-0.15, -0.1) is 24.0 Å². The van der Waals surface area contributed by atoms with Gasteiger partial charge in [0.05, 0.1) is 7.11 Å². The van der Waals surface area contributed by atoms with Crippen LogP contribution in [0.5, 0.6) is 5.88 Å². The third-order valence-electron chi connectivity index (χ3n) is 4.62. The number of likely N-dealkylation sites (tertiary alicyclic amines) is 1. The number of benzene rings is 1. The number of methoxy groups -OCH3 is 1. The van der Waals surface area contributed by atoms with Crippen molar-refractivity contribution in [2.75, 3.05) is 27.2 Å². The highest BCUT2D eigenvalue weighted by molar-refractivity contribution is 14.0. The standard InChI is InChI=1S/C20H26N4O.HI/c1-21-20(23-14-18-8-9-19(25-2)22-13-18)24-11-10-17(15-24)12-16-6-4-3-5-7-16;/h3-9,13,17H,10-12,14-15H2,1-2H3,(H,21,23);1H. The van der Waals surface area contributed by atoms with Gasteiger partial charge in [0.1, 0.15) is 0 Å². The number of ether oxygens (including phenoxy) is 1. The molecular formula is C20H27IN4O. The Bertz CT molecular complexity index is 691. The van der Waals surface area contributed by atoms with E-state index >= 15 is 0 Å². The minimum Gasteiger partial charge on any atom is -0.481 e. The summed E-state index contributed by atoms with van der Waals surface area (Å²) >= 11 is 0. The molecule has 140 valence electrons. The molecule has 1 unspecified atom stereocenters. The van der Waals surface area contributed by atoms with E-state index in [1.54, 1.807) is 7.11 Å². The molecule has 1 atom stereocenters. The van der Waals surface area contributed by atoms with Gasteiger partial charge in [-0.2, -0.15) is 0 Å². The summed E-state index contributed by atoms with van der Waals surface area (Å²) in [6, 6.07) is 14.6. The summed E-state index contributed by atoms with van der Waals surface area (Å²) in [6.45, 7) is 2.82. The zero-order valence-electron chi connectivity index (χ0n) is 15.4. The van der Waals surface area contributed by atoms with Gasteiger partial charge in [-0.1, -0.05) is 36.4 Å². The molecule has 0 amide bonds. The topological polar surface area (TPSA) is 49.8 Å². The fraction of sp³-hybridized carbons (Fsp3) is 0.400. The molecule has 2 aromatic rings. The average Bonchev–Trinajstić information content (AvgIpc) is 3.12. The van der Waals surface area contributed by atoms with Gasteiger partial charge in [-0.05, 0) is 29.9 Å². The lowest BCUT2D eigenvalue weighted by Crippen LogP contribution is -2.39. The number of guanidine groups is 1. The SMILES string of the molecule is CN=C(NCc1ccc(OC)nc1)N1CCC(Cc2ccccc2)C1.I. The van der Waals surface area contributed by atoms with Gasteiger partial charge >= 0.3 is 0 Å². The summed E-state index contributed by atoms with van der Waals surface area (Å²) < 4.78 is 5.09. The van der Waals surface area contributed by atoms with Crippen LogP contribution in [0.1, 0.15) is 17.5 Å². The van der Waals surface area contributed by atoms with Gasteiger partial charge < -0.3 is 15.0 Å². The van der Waals surface area contributed by atoms with Gasteiger partial charge in [-0.3, -0.25) is 4.99 Å². The Kier molecular flexibility index (Phi) is 8.15. The molecule has 1 fully saturated rings. The number of aromatic nitrogens is 1. The molecule has 1 aliphatic heterocycles. The van der Waals surface area contributed by atoms with Gasteiger partial charge in [-0.25, -0.2) is 4.98 Å². The number of hydrogen-bond donors (Lipinski definition) is 1. The summed E-state index contributed by atoms with van der Waals surface area (Å²) in [5.74, 6) is 2.28. The van der Waals surface area contributed by atoms with Crippen molar-refractivity contribution in [2.45, 2.75) is 19.4 Å². The number of pyridine rings is 1. The normalized spacial score (nSPS) is 16.9. The first-order chi connectivity index (χ1) is 12.3. The van der Waals surface area contributed by atoms with Crippen LogP contribution in [0.25, 0.3) is 0 Å². The molecule has 3 rings (SSSR count). The second-order valence-corrected chi connectivity index (χ2v) is 6.40. The Morgan fingerprint density at radius 2 is 2.04 bits per heavy atom. The predicted octanol–water partition coefficient (Wildman–Crippen LogP) is 3.35. The molecule has 1 aliphatic rings. The molecule has 0 bridgehead atoms. The van der Waals surface area contributed by atoms with Crippen LogP contribution in [0.3, 0.4) is 0 Å². The highest BCUT2D eigenvalue weighted by Crippen LogP contribution is 2.21. The third-order valence-corrected chi connectivity index (χ3v) is 4.62. The molecule has 1 N–H and O–H groups in total. The van der Waals surface area contributed by atoms with E-state index in [0.717, 1.165) is 31.0 Å². The van der Waals surface area contributed by atoms with Gasteiger partial charge in [0.25, 0.3) is 0 Å². The lowest BCUT2D eigenvalue weighted by Gasteiger charge is -2.21. The van der Waals surface area contributed by atoms with E-state index in [2.05, 4.69) is 50.5 Å². The van der Waals surface area contributed by atoms with Gasteiger partial charge in [0.15, 0.2) is 5.96 Å². The highest BCUT2D eigenvalue weighted by Gasteiger charge is 2.24. The lowest BCUT2D eigenvalue weighted by atomic mass is 9.99.